The van der Waals surface area contributed by atoms with Crippen LogP contribution in [0, 0.1) is 13.8 Å². The highest BCUT2D eigenvalue weighted by molar-refractivity contribution is 7.90. The van der Waals surface area contributed by atoms with Crippen LogP contribution in [0.2, 0.25) is 6.82 Å². The molecule has 0 saturated carbocycles. The fourth-order valence-electron chi connectivity index (χ4n) is 4.85. The number of benzene rings is 3. The van der Waals surface area contributed by atoms with Crippen molar-refractivity contribution in [1.82, 2.24) is 19.0 Å². The van der Waals surface area contributed by atoms with Gasteiger partial charge < -0.3 is 15.3 Å². The van der Waals surface area contributed by atoms with E-state index < -0.39 is 28.1 Å². The van der Waals surface area contributed by atoms with Gasteiger partial charge >= 0.3 is 5.69 Å². The summed E-state index contributed by atoms with van der Waals surface area (Å²) in [5, 5.41) is 3.87. The fraction of sp³-hybridized carbons (Fsp3) is 0.207. The summed E-state index contributed by atoms with van der Waals surface area (Å²) in [7, 11) is 0.665. The molecule has 2 unspecified atom stereocenters. The summed E-state index contributed by atoms with van der Waals surface area (Å²) < 4.78 is 36.8. The molecular formula is C29H35BN6O6P2S. The van der Waals surface area contributed by atoms with Gasteiger partial charge in [0.05, 0.1) is 5.69 Å². The van der Waals surface area contributed by atoms with Gasteiger partial charge in [0.1, 0.15) is 22.1 Å². The van der Waals surface area contributed by atoms with Crippen LogP contribution in [0.1, 0.15) is 27.8 Å². The van der Waals surface area contributed by atoms with Crippen LogP contribution >= 0.6 is 18.5 Å². The van der Waals surface area contributed by atoms with E-state index in [0.29, 0.717) is 28.9 Å². The molecule has 1 heterocycles. The van der Waals surface area contributed by atoms with Gasteiger partial charge in [-0.3, -0.25) is 9.78 Å². The molecule has 0 aliphatic rings. The number of nitrogens with zero attached hydrogens (tertiary/aromatic N) is 3. The molecule has 1 aromatic heterocycles. The molecule has 16 heteroatoms. The Balaban J connectivity index is 1.72. The Labute approximate surface area is 266 Å². The number of hydrogen-bond donors (Lipinski definition) is 3. The number of aromatic amines is 1. The lowest BCUT2D eigenvalue weighted by atomic mass is 9.60. The first-order valence-corrected chi connectivity index (χ1v) is 16.5. The topological polar surface area (TPSA) is 176 Å². The minimum atomic E-state index is -4.23. The quantitative estimate of drug-likeness (QED) is 0.116. The maximum absolute atomic E-state index is 14.1. The fourth-order valence-corrected chi connectivity index (χ4v) is 7.05. The molecule has 4 rings (SSSR count). The number of H-pyrrole nitrogens is 1. The van der Waals surface area contributed by atoms with Gasteiger partial charge in [0.15, 0.2) is 5.75 Å². The lowest BCUT2D eigenvalue weighted by Crippen LogP contribution is -2.45. The zero-order valence-corrected chi connectivity index (χ0v) is 28.2. The van der Waals surface area contributed by atoms with Crippen molar-refractivity contribution in [2.45, 2.75) is 37.3 Å². The van der Waals surface area contributed by atoms with E-state index in [4.69, 9.17) is 21.2 Å². The van der Waals surface area contributed by atoms with Crippen molar-refractivity contribution >= 4 is 35.4 Å². The summed E-state index contributed by atoms with van der Waals surface area (Å²) >= 11 is 0. The summed E-state index contributed by atoms with van der Waals surface area (Å²) in [5.74, 6) is 6.05. The number of rotatable bonds is 12. The molecule has 5 N–H and O–H groups in total. The van der Waals surface area contributed by atoms with Gasteiger partial charge in [0.2, 0.25) is 16.9 Å². The molecule has 0 saturated heterocycles. The third-order valence-corrected chi connectivity index (χ3v) is 9.54. The number of nitrogens with one attached hydrogen (secondary N) is 1. The standard InChI is InChI=1S/C29H35BN6O6P2S/c1-17-12-21(36-29(38)33-27(37)25(34-36)28(43)44)13-18(2)26(17)41-22-10-11-23(42-32)24(14-22)45(39,40)35(16-19(3)31)30(4)15-20-8-6-5-7-9-20/h5-14,28H,3,15-16,31-32,43-44H2,1-2,4H3,(H,33,37,38). The van der Waals surface area contributed by atoms with Crippen LogP contribution in [0.25, 0.3) is 5.69 Å². The minimum Gasteiger partial charge on any atom is -0.457 e. The Morgan fingerprint density at radius 1 is 1.11 bits per heavy atom. The third-order valence-electron chi connectivity index (χ3n) is 6.93. The second kappa shape index (κ2) is 14.1. The Bertz CT molecular complexity index is 1930. The molecule has 12 nitrogen and oxygen atoms in total. The number of hydrogen-bond acceptors (Lipinski definition) is 9. The SMILES string of the molecule is C=C(N)CN(B(C)Cc1ccccc1)S(=O)(=O)c1cc(Oc2c(C)cc(-n3nc(C(P)P)c(=O)[nH]c3=O)cc2C)ccc1ON. The highest BCUT2D eigenvalue weighted by atomic mass is 32.2. The van der Waals surface area contributed by atoms with Gasteiger partial charge in [-0.25, -0.2) is 17.4 Å². The molecule has 2 atom stereocenters. The van der Waals surface area contributed by atoms with E-state index in [9.17, 15) is 18.0 Å². The normalized spacial score (nSPS) is 11.6. The van der Waals surface area contributed by atoms with Crippen LogP contribution < -0.4 is 32.5 Å². The Morgan fingerprint density at radius 2 is 1.76 bits per heavy atom. The van der Waals surface area contributed by atoms with E-state index >= 15 is 0 Å². The van der Waals surface area contributed by atoms with Gasteiger partial charge in [0, 0.05) is 23.7 Å². The van der Waals surface area contributed by atoms with E-state index in [1.54, 1.807) is 32.8 Å². The highest BCUT2D eigenvalue weighted by Gasteiger charge is 2.34. The molecule has 3 aromatic carbocycles. The van der Waals surface area contributed by atoms with Crippen molar-refractivity contribution in [1.29, 1.82) is 0 Å². The molecular weight excluding hydrogens is 633 g/mol. The van der Waals surface area contributed by atoms with Gasteiger partial charge in [-0.2, -0.15) is 15.7 Å². The second-order valence-corrected chi connectivity index (χ2v) is 14.6. The Kier molecular flexibility index (Phi) is 10.7. The monoisotopic (exact) mass is 668 g/mol. The summed E-state index contributed by atoms with van der Waals surface area (Å²) in [5.41, 5.74) is 7.58. The number of aryl methyl sites for hydroxylation is 2. The predicted octanol–water partition coefficient (Wildman–Crippen LogP) is 3.20. The molecule has 0 spiro atoms. The molecule has 0 radical (unpaired) electrons. The first-order valence-electron chi connectivity index (χ1n) is 13.8. The van der Waals surface area contributed by atoms with Gasteiger partial charge in [0.25, 0.3) is 5.56 Å². The summed E-state index contributed by atoms with van der Waals surface area (Å²) in [6.45, 7) is 8.43. The lowest BCUT2D eigenvalue weighted by Gasteiger charge is -2.27. The van der Waals surface area contributed by atoms with Crippen molar-refractivity contribution < 1.29 is 18.0 Å². The average Bonchev–Trinajstić information content (AvgIpc) is 2.97. The largest absolute Gasteiger partial charge is 0.457 e. The maximum atomic E-state index is 14.1. The highest BCUT2D eigenvalue weighted by Crippen LogP contribution is 2.36. The molecule has 45 heavy (non-hydrogen) atoms. The Hall–Kier alpha value is -3.80. The lowest BCUT2D eigenvalue weighted by molar-refractivity contribution is 0.323. The van der Waals surface area contributed by atoms with Crippen molar-refractivity contribution in [3.8, 4) is 22.9 Å². The van der Waals surface area contributed by atoms with E-state index in [1.807, 2.05) is 30.3 Å². The van der Waals surface area contributed by atoms with Crippen LogP contribution in [0.4, 0.5) is 0 Å². The molecule has 236 valence electrons. The van der Waals surface area contributed by atoms with Crippen LogP contribution in [0.3, 0.4) is 0 Å². The first-order chi connectivity index (χ1) is 21.2. The minimum absolute atomic E-state index is 0.0773. The molecule has 4 aromatic rings. The van der Waals surface area contributed by atoms with Crippen LogP contribution in [0.15, 0.2) is 87.4 Å². The van der Waals surface area contributed by atoms with E-state index in [2.05, 4.69) is 35.1 Å². The van der Waals surface area contributed by atoms with Gasteiger partial charge in [-0.1, -0.05) is 49.3 Å². The molecule has 0 bridgehead atoms. The molecule has 0 fully saturated rings. The first kappa shape index (κ1) is 34.1. The average molecular weight is 668 g/mol. The molecule has 0 amide bonds. The zero-order chi connectivity index (χ0) is 33.1. The summed E-state index contributed by atoms with van der Waals surface area (Å²) in [4.78, 5) is 31.8. The van der Waals surface area contributed by atoms with Crippen molar-refractivity contribution in [3.05, 3.63) is 116 Å². The van der Waals surface area contributed by atoms with E-state index in [1.165, 1.54) is 22.4 Å². The summed E-state index contributed by atoms with van der Waals surface area (Å²) in [6, 6.07) is 17.1. The third kappa shape index (κ3) is 7.72. The Morgan fingerprint density at radius 3 is 2.33 bits per heavy atom. The number of aromatic nitrogens is 3. The van der Waals surface area contributed by atoms with Gasteiger partial charge in [-0.05, 0) is 55.6 Å². The maximum Gasteiger partial charge on any atom is 0.349 e. The van der Waals surface area contributed by atoms with Crippen LogP contribution in [-0.4, -0.2) is 40.8 Å². The number of sulfonamides is 1. The van der Waals surface area contributed by atoms with Gasteiger partial charge in [-0.15, -0.1) is 18.5 Å². The zero-order valence-electron chi connectivity index (χ0n) is 25.1. The van der Waals surface area contributed by atoms with Crippen LogP contribution in [-0.2, 0) is 16.3 Å². The molecule has 0 aliphatic carbocycles. The number of nitrogens with two attached hydrogens (primary N) is 2. The summed E-state index contributed by atoms with van der Waals surface area (Å²) in [6.07, 6.45) is 0.427. The van der Waals surface area contributed by atoms with E-state index in [0.717, 1.165) is 10.2 Å². The van der Waals surface area contributed by atoms with Crippen molar-refractivity contribution in [2.24, 2.45) is 11.6 Å². The van der Waals surface area contributed by atoms with Crippen molar-refractivity contribution in [3.63, 3.8) is 0 Å². The smallest absolute Gasteiger partial charge is 0.349 e. The predicted molar refractivity (Wildman–Crippen MR) is 182 cm³/mol. The number of ether oxygens (including phenoxy) is 1. The molecule has 0 aliphatic heterocycles. The van der Waals surface area contributed by atoms with Crippen LogP contribution in [0.5, 0.6) is 17.2 Å². The van der Waals surface area contributed by atoms with E-state index in [-0.39, 0.29) is 39.7 Å². The second-order valence-electron chi connectivity index (χ2n) is 10.6. The van der Waals surface area contributed by atoms with Crippen molar-refractivity contribution in [2.75, 3.05) is 6.54 Å².